The summed E-state index contributed by atoms with van der Waals surface area (Å²) < 4.78 is 27.3. The van der Waals surface area contributed by atoms with Gasteiger partial charge in [0.25, 0.3) is 0 Å². The quantitative estimate of drug-likeness (QED) is 0.427. The molecule has 1 saturated heterocycles. The Bertz CT molecular complexity index is 85.9. The minimum atomic E-state index is -2.85. The van der Waals surface area contributed by atoms with Crippen LogP contribution in [-0.2, 0) is 4.74 Å². The fourth-order valence-corrected chi connectivity index (χ4v) is 0.295. The predicted molar refractivity (Wildman–Crippen MR) is 20.1 cm³/mol. The Kier molecular flexibility index (Phi) is 0.584. The Morgan fingerprint density at radius 2 is 1.43 bits per heavy atom. The zero-order valence-electron chi connectivity index (χ0n) is 4.16. The Morgan fingerprint density at radius 1 is 1.29 bits per heavy atom. The normalized spacial score (nSPS) is 32.6. The summed E-state index contributed by atoms with van der Waals surface area (Å²) >= 11 is 0. The third-order valence-corrected chi connectivity index (χ3v) is 1.04. The number of hydrogen-bond donors (Lipinski definition) is 0. The average Bonchev–Trinajstić information content (AvgIpc) is 1.63. The van der Waals surface area contributed by atoms with Crippen molar-refractivity contribution in [1.29, 1.82) is 0 Å². The summed E-state index contributed by atoms with van der Waals surface area (Å²) in [5.74, 6) is 0. The standard InChI is InChI=1S/C4H6F2O/c1-3(2)4(5,6)7-3/h1-2H3. The fourth-order valence-electron chi connectivity index (χ4n) is 0.295. The second kappa shape index (κ2) is 0.823. The van der Waals surface area contributed by atoms with E-state index >= 15 is 0 Å². The Morgan fingerprint density at radius 3 is 1.43 bits per heavy atom. The van der Waals surface area contributed by atoms with Gasteiger partial charge in [0.2, 0.25) is 0 Å². The summed E-state index contributed by atoms with van der Waals surface area (Å²) in [6.45, 7) is 2.71. The van der Waals surface area contributed by atoms with Crippen molar-refractivity contribution in [3.63, 3.8) is 0 Å². The van der Waals surface area contributed by atoms with E-state index in [1.807, 2.05) is 0 Å². The zero-order chi connectivity index (χ0) is 5.71. The monoisotopic (exact) mass is 108 g/mol. The van der Waals surface area contributed by atoms with Crippen molar-refractivity contribution in [3.05, 3.63) is 0 Å². The van der Waals surface area contributed by atoms with E-state index in [9.17, 15) is 8.78 Å². The van der Waals surface area contributed by atoms with Gasteiger partial charge in [0, 0.05) is 0 Å². The first-order chi connectivity index (χ1) is 2.96. The van der Waals surface area contributed by atoms with Crippen LogP contribution in [-0.4, -0.2) is 11.7 Å². The summed E-state index contributed by atoms with van der Waals surface area (Å²) in [5, 5.41) is 0. The molecule has 1 fully saturated rings. The maximum absolute atomic E-state index is 11.7. The molecule has 1 rings (SSSR count). The highest BCUT2D eigenvalue weighted by atomic mass is 19.3. The lowest BCUT2D eigenvalue weighted by Gasteiger charge is -1.87. The lowest BCUT2D eigenvalue weighted by Crippen LogP contribution is -2.06. The first kappa shape index (κ1) is 4.97. The second-order valence-corrected chi connectivity index (χ2v) is 2.13. The number of hydrogen-bond acceptors (Lipinski definition) is 1. The van der Waals surface area contributed by atoms with Gasteiger partial charge in [-0.05, 0) is 13.8 Å². The molecule has 1 aliphatic rings. The first-order valence-electron chi connectivity index (χ1n) is 2.04. The van der Waals surface area contributed by atoms with Crippen molar-refractivity contribution in [3.8, 4) is 0 Å². The molecule has 0 aliphatic carbocycles. The van der Waals surface area contributed by atoms with Crippen molar-refractivity contribution in [2.75, 3.05) is 0 Å². The summed E-state index contributed by atoms with van der Waals surface area (Å²) in [6, 6.07) is 0. The van der Waals surface area contributed by atoms with Gasteiger partial charge in [-0.2, -0.15) is 8.78 Å². The molecule has 0 atom stereocenters. The van der Waals surface area contributed by atoms with Crippen LogP contribution in [0.4, 0.5) is 8.78 Å². The molecule has 0 amide bonds. The lowest BCUT2D eigenvalue weighted by molar-refractivity contribution is 0.000888. The van der Waals surface area contributed by atoms with Crippen molar-refractivity contribution in [1.82, 2.24) is 0 Å². The van der Waals surface area contributed by atoms with Crippen molar-refractivity contribution in [2.45, 2.75) is 25.6 Å². The van der Waals surface area contributed by atoms with E-state index in [1.54, 1.807) is 0 Å². The Balaban J connectivity index is 2.59. The molecular formula is C4H6F2O. The van der Waals surface area contributed by atoms with Crippen LogP contribution in [0.25, 0.3) is 0 Å². The van der Waals surface area contributed by atoms with Gasteiger partial charge in [-0.25, -0.2) is 0 Å². The summed E-state index contributed by atoms with van der Waals surface area (Å²) in [6.07, 6.45) is -2.85. The number of epoxide rings is 1. The highest BCUT2D eigenvalue weighted by Crippen LogP contribution is 2.49. The van der Waals surface area contributed by atoms with Gasteiger partial charge in [-0.15, -0.1) is 0 Å². The van der Waals surface area contributed by atoms with Crippen LogP contribution >= 0.6 is 0 Å². The van der Waals surface area contributed by atoms with E-state index in [2.05, 4.69) is 4.74 Å². The largest absolute Gasteiger partial charge is 0.385 e. The van der Waals surface area contributed by atoms with Gasteiger partial charge >= 0.3 is 6.11 Å². The van der Waals surface area contributed by atoms with Crippen LogP contribution in [0, 0.1) is 0 Å². The molecule has 0 aromatic carbocycles. The topological polar surface area (TPSA) is 12.5 Å². The molecular weight excluding hydrogens is 102 g/mol. The van der Waals surface area contributed by atoms with Gasteiger partial charge in [0.15, 0.2) is 5.60 Å². The molecule has 0 bridgehead atoms. The van der Waals surface area contributed by atoms with Crippen molar-refractivity contribution in [2.24, 2.45) is 0 Å². The highest BCUT2D eigenvalue weighted by molar-refractivity contribution is 4.93. The maximum atomic E-state index is 11.7. The summed E-state index contributed by atoms with van der Waals surface area (Å²) in [7, 11) is 0. The Labute approximate surface area is 40.3 Å². The molecule has 1 nitrogen and oxygen atoms in total. The number of ether oxygens (including phenoxy) is 1. The van der Waals surface area contributed by atoms with E-state index in [1.165, 1.54) is 13.8 Å². The number of alkyl halides is 2. The van der Waals surface area contributed by atoms with Crippen LogP contribution in [0.3, 0.4) is 0 Å². The van der Waals surface area contributed by atoms with Crippen LogP contribution in [0.15, 0.2) is 0 Å². The molecule has 1 aliphatic heterocycles. The smallest absolute Gasteiger partial charge is 0.303 e. The molecule has 42 valence electrons. The number of rotatable bonds is 0. The molecule has 0 aromatic rings. The van der Waals surface area contributed by atoms with Gasteiger partial charge < -0.3 is 4.74 Å². The van der Waals surface area contributed by atoms with E-state index < -0.39 is 11.7 Å². The van der Waals surface area contributed by atoms with E-state index in [0.717, 1.165) is 0 Å². The molecule has 0 radical (unpaired) electrons. The van der Waals surface area contributed by atoms with Crippen molar-refractivity contribution < 1.29 is 13.5 Å². The minimum Gasteiger partial charge on any atom is -0.303 e. The molecule has 7 heavy (non-hydrogen) atoms. The molecule has 3 heteroatoms. The Hall–Kier alpha value is -0.180. The van der Waals surface area contributed by atoms with E-state index in [-0.39, 0.29) is 0 Å². The predicted octanol–water partition coefficient (Wildman–Crippen LogP) is 1.39. The van der Waals surface area contributed by atoms with Crippen LogP contribution < -0.4 is 0 Å². The lowest BCUT2D eigenvalue weighted by atomic mass is 10.2. The van der Waals surface area contributed by atoms with Crippen LogP contribution in [0.2, 0.25) is 0 Å². The summed E-state index contributed by atoms with van der Waals surface area (Å²) in [5.41, 5.74) is -1.19. The average molecular weight is 108 g/mol. The van der Waals surface area contributed by atoms with E-state index in [4.69, 9.17) is 0 Å². The van der Waals surface area contributed by atoms with Crippen LogP contribution in [0.5, 0.6) is 0 Å². The molecule has 0 saturated carbocycles. The zero-order valence-corrected chi connectivity index (χ0v) is 4.16. The molecule has 0 unspecified atom stereocenters. The highest BCUT2D eigenvalue weighted by Gasteiger charge is 2.67. The molecule has 0 N–H and O–H groups in total. The van der Waals surface area contributed by atoms with Gasteiger partial charge in [0.1, 0.15) is 0 Å². The van der Waals surface area contributed by atoms with Gasteiger partial charge in [0.05, 0.1) is 0 Å². The van der Waals surface area contributed by atoms with Gasteiger partial charge in [-0.3, -0.25) is 0 Å². The van der Waals surface area contributed by atoms with Crippen LogP contribution in [0.1, 0.15) is 13.8 Å². The van der Waals surface area contributed by atoms with Crippen molar-refractivity contribution >= 4 is 0 Å². The fraction of sp³-hybridized carbons (Fsp3) is 1.00. The summed E-state index contributed by atoms with van der Waals surface area (Å²) in [4.78, 5) is 0. The maximum Gasteiger partial charge on any atom is 0.385 e. The number of halogens is 2. The van der Waals surface area contributed by atoms with E-state index in [0.29, 0.717) is 0 Å². The SMILES string of the molecule is CC1(C)OC1(F)F. The molecule has 0 spiro atoms. The van der Waals surface area contributed by atoms with Gasteiger partial charge in [-0.1, -0.05) is 0 Å². The second-order valence-electron chi connectivity index (χ2n) is 2.13. The molecule has 1 heterocycles. The third kappa shape index (κ3) is 0.517. The minimum absolute atomic E-state index is 1.19. The third-order valence-electron chi connectivity index (χ3n) is 1.04. The molecule has 0 aromatic heterocycles. The first-order valence-corrected chi connectivity index (χ1v) is 2.04.